The van der Waals surface area contributed by atoms with Gasteiger partial charge in [0.15, 0.2) is 0 Å². The molecule has 0 bridgehead atoms. The molecule has 5 nitrogen and oxygen atoms in total. The highest BCUT2D eigenvalue weighted by molar-refractivity contribution is 14.1. The van der Waals surface area contributed by atoms with Gasteiger partial charge < -0.3 is 10.7 Å². The number of rotatable bonds is 3. The highest BCUT2D eigenvalue weighted by Gasteiger charge is 2.22. The molecule has 1 heterocycles. The van der Waals surface area contributed by atoms with E-state index in [1.807, 2.05) is 25.1 Å². The van der Waals surface area contributed by atoms with E-state index < -0.39 is 0 Å². The summed E-state index contributed by atoms with van der Waals surface area (Å²) >= 11 is 2.25. The molecule has 2 aromatic rings. The number of nitrogens with zero attached hydrogens (tertiary/aromatic N) is 2. The third-order valence-electron chi connectivity index (χ3n) is 3.60. The van der Waals surface area contributed by atoms with Crippen LogP contribution in [0, 0.1) is 16.3 Å². The van der Waals surface area contributed by atoms with Crippen molar-refractivity contribution in [3.05, 3.63) is 63.1 Å². The lowest BCUT2D eigenvalue weighted by atomic mass is 10.1. The summed E-state index contributed by atoms with van der Waals surface area (Å²) in [5.74, 6) is -0.344. The monoisotopic (exact) mass is 426 g/mol. The molecular weight excluding hydrogens is 410 g/mol. The minimum absolute atomic E-state index is 0.344. The predicted molar refractivity (Wildman–Crippen MR) is 96.1 cm³/mol. The minimum atomic E-state index is -0.344. The Morgan fingerprint density at radius 2 is 1.96 bits per heavy atom. The van der Waals surface area contributed by atoms with Crippen LogP contribution in [0.5, 0.6) is 0 Å². The van der Waals surface area contributed by atoms with E-state index in [0.717, 1.165) is 20.0 Å². The van der Waals surface area contributed by atoms with Gasteiger partial charge in [0.05, 0.1) is 5.69 Å². The molecule has 0 saturated carbocycles. The van der Waals surface area contributed by atoms with Gasteiger partial charge in [0, 0.05) is 28.1 Å². The molecule has 0 radical (unpaired) electrons. The molecule has 23 heavy (non-hydrogen) atoms. The molecule has 7 heteroatoms. The fourth-order valence-corrected chi connectivity index (χ4v) is 3.02. The van der Waals surface area contributed by atoms with Gasteiger partial charge in [0.25, 0.3) is 0 Å². The van der Waals surface area contributed by atoms with Crippen molar-refractivity contribution >= 4 is 39.7 Å². The van der Waals surface area contributed by atoms with Crippen LogP contribution >= 0.6 is 22.6 Å². The second-order valence-electron chi connectivity index (χ2n) is 5.25. The molecule has 3 rings (SSSR count). The number of hydroxylamine groups is 1. The van der Waals surface area contributed by atoms with Gasteiger partial charge in [-0.15, -0.1) is 5.12 Å². The Labute approximate surface area is 147 Å². The van der Waals surface area contributed by atoms with Crippen LogP contribution in [0.2, 0.25) is 0 Å². The molecule has 120 valence electrons. The Morgan fingerprint density at radius 1 is 1.17 bits per heavy atom. The maximum atomic E-state index is 13.7. The van der Waals surface area contributed by atoms with Gasteiger partial charge in [-0.25, -0.2) is 4.39 Å². The van der Waals surface area contributed by atoms with Gasteiger partial charge in [0.1, 0.15) is 11.5 Å². The van der Waals surface area contributed by atoms with Crippen LogP contribution in [-0.4, -0.2) is 22.5 Å². The van der Waals surface area contributed by atoms with Crippen molar-refractivity contribution in [1.29, 1.82) is 0 Å². The number of aryl methyl sites for hydroxylation is 1. The Balaban J connectivity index is 2.00. The average molecular weight is 426 g/mol. The Bertz CT molecular complexity index is 781. The van der Waals surface area contributed by atoms with Crippen LogP contribution in [0.1, 0.15) is 11.1 Å². The summed E-state index contributed by atoms with van der Waals surface area (Å²) in [6.07, 6.45) is 1.65. The van der Waals surface area contributed by atoms with Crippen LogP contribution in [0.25, 0.3) is 5.70 Å². The minimum Gasteiger partial charge on any atom is -0.355 e. The lowest BCUT2D eigenvalue weighted by molar-refractivity contribution is -0.187. The van der Waals surface area contributed by atoms with E-state index in [1.165, 1.54) is 17.3 Å². The molecule has 0 aliphatic carbocycles. The second kappa shape index (κ2) is 6.34. The van der Waals surface area contributed by atoms with Crippen LogP contribution in [0.3, 0.4) is 0 Å². The number of halogens is 2. The predicted octanol–water partition coefficient (Wildman–Crippen LogP) is 3.84. The van der Waals surface area contributed by atoms with E-state index in [4.69, 9.17) is 0 Å². The Kier molecular flexibility index (Phi) is 4.42. The number of hydrogen-bond acceptors (Lipinski definition) is 5. The molecule has 0 atom stereocenters. The van der Waals surface area contributed by atoms with Crippen molar-refractivity contribution in [2.75, 3.05) is 12.4 Å². The molecule has 2 aromatic carbocycles. The first-order chi connectivity index (χ1) is 11.0. The third kappa shape index (κ3) is 3.26. The normalized spacial score (nSPS) is 14.7. The zero-order valence-corrected chi connectivity index (χ0v) is 14.8. The van der Waals surface area contributed by atoms with Gasteiger partial charge in [0.2, 0.25) is 0 Å². The lowest BCUT2D eigenvalue weighted by Crippen LogP contribution is -2.36. The fraction of sp³-hybridized carbons (Fsp3) is 0.125. The van der Waals surface area contributed by atoms with Crippen molar-refractivity contribution in [2.24, 2.45) is 0 Å². The molecule has 1 aliphatic heterocycles. The maximum Gasteiger partial charge on any atom is 0.125 e. The van der Waals surface area contributed by atoms with E-state index in [1.54, 1.807) is 19.3 Å². The molecule has 1 aliphatic rings. The fourth-order valence-electron chi connectivity index (χ4n) is 2.37. The van der Waals surface area contributed by atoms with Gasteiger partial charge in [-0.1, -0.05) is 0 Å². The molecule has 0 spiro atoms. The summed E-state index contributed by atoms with van der Waals surface area (Å²) in [6.45, 7) is 1.99. The third-order valence-corrected chi connectivity index (χ3v) is 4.27. The quantitative estimate of drug-likeness (QED) is 0.652. The van der Waals surface area contributed by atoms with Crippen LogP contribution in [-0.2, 0) is 0 Å². The molecule has 0 amide bonds. The smallest absolute Gasteiger partial charge is 0.125 e. The number of nitrogens with one attached hydrogen (secondary N) is 2. The van der Waals surface area contributed by atoms with Crippen LogP contribution in [0.4, 0.5) is 15.8 Å². The summed E-state index contributed by atoms with van der Waals surface area (Å²) in [7, 11) is 1.67. The average Bonchev–Trinajstić information content (AvgIpc) is 2.82. The molecular formula is C16H16FIN4O. The number of hydrazine groups is 2. The maximum absolute atomic E-state index is 13.7. The number of hydrogen-bond donors (Lipinski definition) is 3. The Hall–Kier alpha value is -1.84. The SMILES string of the molecule is Cc1cc(I)ccc1Nc1cc(F)ccc1C1=CNN(C)N1O. The largest absolute Gasteiger partial charge is 0.355 e. The summed E-state index contributed by atoms with van der Waals surface area (Å²) in [5, 5.41) is 15.7. The van der Waals surface area contributed by atoms with Gasteiger partial charge in [-0.3, -0.25) is 5.21 Å². The molecule has 0 unspecified atom stereocenters. The van der Waals surface area contributed by atoms with Crippen molar-refractivity contribution in [2.45, 2.75) is 6.92 Å². The first-order valence-electron chi connectivity index (χ1n) is 6.98. The first-order valence-corrected chi connectivity index (χ1v) is 8.05. The van der Waals surface area contributed by atoms with Gasteiger partial charge in [-0.05, 0) is 71.5 Å². The molecule has 3 N–H and O–H groups in total. The second-order valence-corrected chi connectivity index (χ2v) is 6.49. The molecule has 0 saturated heterocycles. The standard InChI is InChI=1S/C16H16FIN4O/c1-10-7-12(18)4-6-14(10)20-15-8-11(17)3-5-13(15)16-9-19-21(2)22(16)23/h3-9,19-20,23H,1-2H3. The van der Waals surface area contributed by atoms with E-state index in [9.17, 15) is 9.60 Å². The van der Waals surface area contributed by atoms with Crippen LogP contribution < -0.4 is 10.7 Å². The Morgan fingerprint density at radius 3 is 2.61 bits per heavy atom. The molecule has 0 aromatic heterocycles. The van der Waals surface area contributed by atoms with Gasteiger partial charge in [-0.2, -0.15) is 5.17 Å². The van der Waals surface area contributed by atoms with Crippen molar-refractivity contribution in [3.63, 3.8) is 0 Å². The van der Waals surface area contributed by atoms with E-state index in [-0.39, 0.29) is 5.82 Å². The topological polar surface area (TPSA) is 50.8 Å². The summed E-state index contributed by atoms with van der Waals surface area (Å²) in [6, 6.07) is 10.4. The summed E-state index contributed by atoms with van der Waals surface area (Å²) < 4.78 is 14.8. The summed E-state index contributed by atoms with van der Waals surface area (Å²) in [5.41, 5.74) is 6.61. The highest BCUT2D eigenvalue weighted by atomic mass is 127. The van der Waals surface area contributed by atoms with Crippen molar-refractivity contribution < 1.29 is 9.60 Å². The zero-order valence-electron chi connectivity index (χ0n) is 12.6. The van der Waals surface area contributed by atoms with E-state index in [2.05, 4.69) is 33.3 Å². The first kappa shape index (κ1) is 16.0. The number of anilines is 2. The van der Waals surface area contributed by atoms with E-state index in [0.29, 0.717) is 16.9 Å². The van der Waals surface area contributed by atoms with E-state index >= 15 is 0 Å². The van der Waals surface area contributed by atoms with Gasteiger partial charge >= 0.3 is 0 Å². The summed E-state index contributed by atoms with van der Waals surface area (Å²) in [4.78, 5) is 0. The zero-order chi connectivity index (χ0) is 16.6. The van der Waals surface area contributed by atoms with Crippen molar-refractivity contribution in [1.82, 2.24) is 15.7 Å². The highest BCUT2D eigenvalue weighted by Crippen LogP contribution is 2.32. The van der Waals surface area contributed by atoms with Crippen molar-refractivity contribution in [3.8, 4) is 0 Å². The lowest BCUT2D eigenvalue weighted by Gasteiger charge is -2.22. The number of benzene rings is 2. The van der Waals surface area contributed by atoms with Crippen LogP contribution in [0.15, 0.2) is 42.6 Å². The molecule has 0 fully saturated rings.